The van der Waals surface area contributed by atoms with Gasteiger partial charge in [-0.2, -0.15) is 0 Å². The Morgan fingerprint density at radius 1 is 1.60 bits per heavy atom. The molecule has 0 saturated carbocycles. The molecule has 1 rings (SSSR count). The quantitative estimate of drug-likeness (QED) is 0.817. The second-order valence-electron chi connectivity index (χ2n) is 2.89. The van der Waals surface area contributed by atoms with Gasteiger partial charge in [-0.05, 0) is 12.1 Å². The molecular weight excluding hydrogens is 262 g/mol. The predicted molar refractivity (Wildman–Crippen MR) is 60.6 cm³/mol. The SMILES string of the molecule is COC(=O)CNc1cc(Br)ccc1CO. The van der Waals surface area contributed by atoms with Crippen LogP contribution in [0, 0.1) is 0 Å². The topological polar surface area (TPSA) is 58.6 Å². The molecule has 0 spiro atoms. The largest absolute Gasteiger partial charge is 0.468 e. The smallest absolute Gasteiger partial charge is 0.325 e. The van der Waals surface area contributed by atoms with Crippen LogP contribution in [-0.4, -0.2) is 24.7 Å². The van der Waals surface area contributed by atoms with Gasteiger partial charge in [-0.3, -0.25) is 4.79 Å². The van der Waals surface area contributed by atoms with E-state index in [0.717, 1.165) is 15.7 Å². The molecular formula is C10H12BrNO3. The van der Waals surface area contributed by atoms with Gasteiger partial charge in [-0.1, -0.05) is 22.0 Å². The fraction of sp³-hybridized carbons (Fsp3) is 0.300. The van der Waals surface area contributed by atoms with E-state index in [-0.39, 0.29) is 19.1 Å². The van der Waals surface area contributed by atoms with Crippen molar-refractivity contribution in [1.82, 2.24) is 0 Å². The van der Waals surface area contributed by atoms with Crippen LogP contribution in [-0.2, 0) is 16.1 Å². The van der Waals surface area contributed by atoms with Crippen molar-refractivity contribution in [3.05, 3.63) is 28.2 Å². The molecule has 0 aliphatic carbocycles. The van der Waals surface area contributed by atoms with Gasteiger partial charge in [0.25, 0.3) is 0 Å². The molecule has 0 aliphatic rings. The number of nitrogens with one attached hydrogen (secondary N) is 1. The zero-order chi connectivity index (χ0) is 11.3. The van der Waals surface area contributed by atoms with Crippen LogP contribution < -0.4 is 5.32 Å². The fourth-order valence-corrected chi connectivity index (χ4v) is 1.45. The Hall–Kier alpha value is -1.07. The van der Waals surface area contributed by atoms with E-state index in [2.05, 4.69) is 26.0 Å². The summed E-state index contributed by atoms with van der Waals surface area (Å²) >= 11 is 3.31. The Morgan fingerprint density at radius 2 is 2.33 bits per heavy atom. The van der Waals surface area contributed by atoms with Gasteiger partial charge < -0.3 is 15.2 Å². The number of methoxy groups -OCH3 is 1. The number of hydrogen-bond donors (Lipinski definition) is 2. The van der Waals surface area contributed by atoms with E-state index >= 15 is 0 Å². The maximum Gasteiger partial charge on any atom is 0.325 e. The predicted octanol–water partition coefficient (Wildman–Crippen LogP) is 1.53. The van der Waals surface area contributed by atoms with Crippen molar-refractivity contribution >= 4 is 27.6 Å². The highest BCUT2D eigenvalue weighted by Crippen LogP contribution is 2.21. The Balaban J connectivity index is 2.74. The summed E-state index contributed by atoms with van der Waals surface area (Å²) in [7, 11) is 1.33. The summed E-state index contributed by atoms with van der Waals surface area (Å²) in [5.74, 6) is -0.348. The van der Waals surface area contributed by atoms with Gasteiger partial charge in [0.1, 0.15) is 6.54 Å². The molecule has 0 bridgehead atoms. The zero-order valence-corrected chi connectivity index (χ0v) is 9.87. The average Bonchev–Trinajstić information content (AvgIpc) is 2.26. The number of anilines is 1. The van der Waals surface area contributed by atoms with Crippen LogP contribution in [0.25, 0.3) is 0 Å². The number of aliphatic hydroxyl groups is 1. The maximum absolute atomic E-state index is 10.9. The third kappa shape index (κ3) is 3.53. The molecule has 2 N–H and O–H groups in total. The molecule has 1 aromatic carbocycles. The number of benzene rings is 1. The molecule has 0 heterocycles. The van der Waals surface area contributed by atoms with Crippen molar-refractivity contribution in [3.63, 3.8) is 0 Å². The van der Waals surface area contributed by atoms with E-state index in [1.807, 2.05) is 6.07 Å². The number of carbonyl (C=O) groups excluding carboxylic acids is 1. The molecule has 0 atom stereocenters. The molecule has 82 valence electrons. The Labute approximate surface area is 96.4 Å². The van der Waals surface area contributed by atoms with Gasteiger partial charge in [-0.15, -0.1) is 0 Å². The highest BCUT2D eigenvalue weighted by atomic mass is 79.9. The van der Waals surface area contributed by atoms with Gasteiger partial charge in [0, 0.05) is 15.7 Å². The molecule has 0 unspecified atom stereocenters. The summed E-state index contributed by atoms with van der Waals surface area (Å²) in [5, 5.41) is 12.0. The number of hydrogen-bond acceptors (Lipinski definition) is 4. The third-order valence-electron chi connectivity index (χ3n) is 1.89. The zero-order valence-electron chi connectivity index (χ0n) is 8.29. The lowest BCUT2D eigenvalue weighted by atomic mass is 10.2. The molecule has 4 nitrogen and oxygen atoms in total. The maximum atomic E-state index is 10.9. The van der Waals surface area contributed by atoms with E-state index in [0.29, 0.717) is 0 Å². The van der Waals surface area contributed by atoms with Crippen molar-refractivity contribution < 1.29 is 14.6 Å². The lowest BCUT2D eigenvalue weighted by Gasteiger charge is -2.09. The van der Waals surface area contributed by atoms with Crippen molar-refractivity contribution in [1.29, 1.82) is 0 Å². The first-order valence-corrected chi connectivity index (χ1v) is 5.16. The molecule has 0 aliphatic heterocycles. The summed E-state index contributed by atoms with van der Waals surface area (Å²) < 4.78 is 5.38. The summed E-state index contributed by atoms with van der Waals surface area (Å²) in [6, 6.07) is 5.41. The highest BCUT2D eigenvalue weighted by Gasteiger charge is 2.04. The summed E-state index contributed by atoms with van der Waals surface area (Å²) in [6.45, 7) is 0.0107. The monoisotopic (exact) mass is 273 g/mol. The van der Waals surface area contributed by atoms with Crippen molar-refractivity contribution in [2.75, 3.05) is 19.0 Å². The normalized spacial score (nSPS) is 9.80. The molecule has 0 amide bonds. The number of halogens is 1. The first-order valence-electron chi connectivity index (χ1n) is 4.37. The lowest BCUT2D eigenvalue weighted by Crippen LogP contribution is -2.15. The average molecular weight is 274 g/mol. The van der Waals surface area contributed by atoms with Crippen LogP contribution in [0.2, 0.25) is 0 Å². The minimum atomic E-state index is -0.348. The van der Waals surface area contributed by atoms with Crippen molar-refractivity contribution in [2.24, 2.45) is 0 Å². The summed E-state index contributed by atoms with van der Waals surface area (Å²) in [6.07, 6.45) is 0. The molecule has 0 radical (unpaired) electrons. The minimum Gasteiger partial charge on any atom is -0.468 e. The van der Waals surface area contributed by atoms with Gasteiger partial charge >= 0.3 is 5.97 Å². The Bertz CT molecular complexity index is 355. The van der Waals surface area contributed by atoms with E-state index in [1.54, 1.807) is 12.1 Å². The van der Waals surface area contributed by atoms with Crippen molar-refractivity contribution in [2.45, 2.75) is 6.61 Å². The van der Waals surface area contributed by atoms with E-state index in [9.17, 15) is 4.79 Å². The standard InChI is InChI=1S/C10H12BrNO3/c1-15-10(14)5-12-9-4-8(11)3-2-7(9)6-13/h2-4,12-13H,5-6H2,1H3. The first kappa shape index (κ1) is 12.0. The number of aliphatic hydroxyl groups excluding tert-OH is 1. The van der Waals surface area contributed by atoms with Crippen LogP contribution in [0.3, 0.4) is 0 Å². The van der Waals surface area contributed by atoms with E-state index in [1.165, 1.54) is 7.11 Å². The molecule has 0 fully saturated rings. The van der Waals surface area contributed by atoms with Crippen molar-refractivity contribution in [3.8, 4) is 0 Å². The number of ether oxygens (including phenoxy) is 1. The van der Waals surface area contributed by atoms with Crippen LogP contribution in [0.4, 0.5) is 5.69 Å². The van der Waals surface area contributed by atoms with E-state index in [4.69, 9.17) is 5.11 Å². The Kier molecular flexibility index (Phi) is 4.58. The molecule has 5 heteroatoms. The lowest BCUT2D eigenvalue weighted by molar-refractivity contribution is -0.138. The van der Waals surface area contributed by atoms with E-state index < -0.39 is 0 Å². The first-order chi connectivity index (χ1) is 7.17. The van der Waals surface area contributed by atoms with Crippen LogP contribution in [0.5, 0.6) is 0 Å². The van der Waals surface area contributed by atoms with Gasteiger partial charge in [0.15, 0.2) is 0 Å². The number of carbonyl (C=O) groups is 1. The van der Waals surface area contributed by atoms with Crippen LogP contribution >= 0.6 is 15.9 Å². The van der Waals surface area contributed by atoms with Gasteiger partial charge in [-0.25, -0.2) is 0 Å². The minimum absolute atomic E-state index is 0.0726. The highest BCUT2D eigenvalue weighted by molar-refractivity contribution is 9.10. The van der Waals surface area contributed by atoms with Gasteiger partial charge in [0.2, 0.25) is 0 Å². The molecule has 0 saturated heterocycles. The number of esters is 1. The summed E-state index contributed by atoms with van der Waals surface area (Å²) in [4.78, 5) is 10.9. The van der Waals surface area contributed by atoms with Gasteiger partial charge in [0.05, 0.1) is 13.7 Å². The Morgan fingerprint density at radius 3 is 2.93 bits per heavy atom. The summed E-state index contributed by atoms with van der Waals surface area (Å²) in [5.41, 5.74) is 1.46. The molecule has 1 aromatic rings. The van der Waals surface area contributed by atoms with Crippen LogP contribution in [0.15, 0.2) is 22.7 Å². The second-order valence-corrected chi connectivity index (χ2v) is 3.80. The molecule has 0 aromatic heterocycles. The van der Waals surface area contributed by atoms with Crippen LogP contribution in [0.1, 0.15) is 5.56 Å². The fourth-order valence-electron chi connectivity index (χ4n) is 1.09. The number of rotatable bonds is 4. The second kappa shape index (κ2) is 5.72. The molecule has 15 heavy (non-hydrogen) atoms. The third-order valence-corrected chi connectivity index (χ3v) is 2.39.